The molecule has 0 saturated carbocycles. The van der Waals surface area contributed by atoms with E-state index in [1.165, 1.54) is 14.2 Å². The molecule has 0 spiro atoms. The highest BCUT2D eigenvalue weighted by molar-refractivity contribution is 7.80. The smallest absolute Gasteiger partial charge is 0.338 e. The molecule has 3 rings (SSSR count). The number of benzene rings is 2. The van der Waals surface area contributed by atoms with Gasteiger partial charge in [0, 0.05) is 17.9 Å². The number of hydrogen-bond acceptors (Lipinski definition) is 6. The molecular formula is C25H29N3O5S. The molecule has 1 unspecified atom stereocenters. The van der Waals surface area contributed by atoms with Crippen molar-refractivity contribution < 1.29 is 23.8 Å². The average Bonchev–Trinajstić information content (AvgIpc) is 2.83. The van der Waals surface area contributed by atoms with Crippen LogP contribution in [-0.4, -0.2) is 49.3 Å². The van der Waals surface area contributed by atoms with Gasteiger partial charge >= 0.3 is 5.97 Å². The Morgan fingerprint density at radius 1 is 1.09 bits per heavy atom. The van der Waals surface area contributed by atoms with Crippen LogP contribution < -0.4 is 20.1 Å². The van der Waals surface area contributed by atoms with E-state index in [2.05, 4.69) is 10.6 Å². The van der Waals surface area contributed by atoms with Crippen LogP contribution in [0.3, 0.4) is 0 Å². The average molecular weight is 484 g/mol. The van der Waals surface area contributed by atoms with Gasteiger partial charge < -0.3 is 29.7 Å². The minimum absolute atomic E-state index is 0.260. The third-order valence-electron chi connectivity index (χ3n) is 5.54. The monoisotopic (exact) mass is 483 g/mol. The zero-order chi connectivity index (χ0) is 24.8. The first-order valence-electron chi connectivity index (χ1n) is 10.9. The summed E-state index contributed by atoms with van der Waals surface area (Å²) in [6.45, 7) is 6.46. The van der Waals surface area contributed by atoms with Gasteiger partial charge in [-0.05, 0) is 62.8 Å². The number of ether oxygens (including phenoxy) is 3. The van der Waals surface area contributed by atoms with Crippen molar-refractivity contribution in [1.29, 1.82) is 0 Å². The van der Waals surface area contributed by atoms with Gasteiger partial charge in [0.05, 0.1) is 32.4 Å². The quantitative estimate of drug-likeness (QED) is 0.430. The second-order valence-corrected chi connectivity index (χ2v) is 7.85. The summed E-state index contributed by atoms with van der Waals surface area (Å²) >= 11 is 5.54. The Morgan fingerprint density at radius 3 is 2.32 bits per heavy atom. The van der Waals surface area contributed by atoms with Gasteiger partial charge in [0.1, 0.15) is 17.1 Å². The maximum absolute atomic E-state index is 13.1. The highest BCUT2D eigenvalue weighted by Gasteiger charge is 2.34. The molecule has 1 aliphatic heterocycles. The summed E-state index contributed by atoms with van der Waals surface area (Å²) in [6, 6.07) is 11.9. The van der Waals surface area contributed by atoms with Crippen LogP contribution in [0.5, 0.6) is 11.5 Å². The second kappa shape index (κ2) is 11.0. The van der Waals surface area contributed by atoms with E-state index in [-0.39, 0.29) is 18.1 Å². The molecule has 1 heterocycles. The minimum Gasteiger partial charge on any atom is -0.496 e. The lowest BCUT2D eigenvalue weighted by atomic mass is 9.94. The predicted molar refractivity (Wildman–Crippen MR) is 134 cm³/mol. The van der Waals surface area contributed by atoms with Gasteiger partial charge in [0.25, 0.3) is 5.91 Å². The molecule has 8 nitrogen and oxygen atoms in total. The molecular weight excluding hydrogens is 454 g/mol. The van der Waals surface area contributed by atoms with Gasteiger partial charge in [0.2, 0.25) is 0 Å². The number of rotatable bonds is 8. The van der Waals surface area contributed by atoms with Crippen molar-refractivity contribution in [2.45, 2.75) is 26.8 Å². The van der Waals surface area contributed by atoms with Crippen LogP contribution >= 0.6 is 12.2 Å². The van der Waals surface area contributed by atoms with E-state index >= 15 is 0 Å². The third kappa shape index (κ3) is 4.99. The molecule has 1 amide bonds. The van der Waals surface area contributed by atoms with Crippen molar-refractivity contribution in [3.05, 3.63) is 64.9 Å². The fourth-order valence-electron chi connectivity index (χ4n) is 3.95. The van der Waals surface area contributed by atoms with Crippen LogP contribution in [0.1, 0.15) is 42.7 Å². The van der Waals surface area contributed by atoms with Crippen molar-refractivity contribution in [1.82, 2.24) is 10.2 Å². The Morgan fingerprint density at radius 2 is 1.74 bits per heavy atom. The Balaban J connectivity index is 1.97. The number of hydrogen-bond donors (Lipinski definition) is 2. The summed E-state index contributed by atoms with van der Waals surface area (Å²) in [5, 5.41) is 6.66. The van der Waals surface area contributed by atoms with Crippen LogP contribution in [0.15, 0.2) is 53.7 Å². The second-order valence-electron chi connectivity index (χ2n) is 7.46. The van der Waals surface area contributed by atoms with E-state index in [4.69, 9.17) is 26.4 Å². The summed E-state index contributed by atoms with van der Waals surface area (Å²) < 4.78 is 16.0. The van der Waals surface area contributed by atoms with E-state index in [1.807, 2.05) is 24.8 Å². The number of amides is 1. The SMILES string of the molecule is CCOC(=O)C1=C(C)N(CC)C(=S)NC1c1cccc(NC(=O)c2c(OC)cccc2OC)c1. The molecule has 0 aromatic heterocycles. The highest BCUT2D eigenvalue weighted by atomic mass is 32.1. The van der Waals surface area contributed by atoms with E-state index in [0.717, 1.165) is 11.3 Å². The summed E-state index contributed by atoms with van der Waals surface area (Å²) in [6.07, 6.45) is 0. The van der Waals surface area contributed by atoms with Crippen molar-refractivity contribution in [2.24, 2.45) is 0 Å². The van der Waals surface area contributed by atoms with Gasteiger partial charge in [0.15, 0.2) is 5.11 Å². The largest absolute Gasteiger partial charge is 0.496 e. The number of thiocarbonyl (C=S) groups is 1. The Kier molecular flexibility index (Phi) is 8.12. The van der Waals surface area contributed by atoms with Crippen molar-refractivity contribution in [3.8, 4) is 11.5 Å². The molecule has 2 aromatic rings. The Hall–Kier alpha value is -3.59. The summed E-state index contributed by atoms with van der Waals surface area (Å²) in [5.74, 6) is 0.00458. The fourth-order valence-corrected chi connectivity index (χ4v) is 4.33. The zero-order valence-electron chi connectivity index (χ0n) is 19.9. The molecule has 1 atom stereocenters. The number of carbonyl (C=O) groups excluding carboxylic acids is 2. The number of methoxy groups -OCH3 is 2. The minimum atomic E-state index is -0.521. The summed E-state index contributed by atoms with van der Waals surface area (Å²) in [7, 11) is 2.99. The molecule has 0 aliphatic carbocycles. The number of carbonyl (C=O) groups is 2. The van der Waals surface area contributed by atoms with Crippen LogP contribution in [0.2, 0.25) is 0 Å². The van der Waals surface area contributed by atoms with Crippen molar-refractivity contribution in [2.75, 3.05) is 32.7 Å². The molecule has 2 aromatic carbocycles. The molecule has 1 aliphatic rings. The molecule has 0 radical (unpaired) electrons. The van der Waals surface area contributed by atoms with Crippen LogP contribution in [-0.2, 0) is 9.53 Å². The first kappa shape index (κ1) is 25.0. The number of nitrogens with zero attached hydrogens (tertiary/aromatic N) is 1. The molecule has 0 bridgehead atoms. The predicted octanol–water partition coefficient (Wildman–Crippen LogP) is 4.04. The number of nitrogens with one attached hydrogen (secondary N) is 2. The van der Waals surface area contributed by atoms with Crippen molar-refractivity contribution in [3.63, 3.8) is 0 Å². The Bertz CT molecular complexity index is 1110. The molecule has 180 valence electrons. The van der Waals surface area contributed by atoms with Gasteiger partial charge in [-0.25, -0.2) is 4.79 Å². The van der Waals surface area contributed by atoms with Crippen LogP contribution in [0.25, 0.3) is 0 Å². The lowest BCUT2D eigenvalue weighted by molar-refractivity contribution is -0.139. The number of anilines is 1. The maximum Gasteiger partial charge on any atom is 0.338 e. The van der Waals surface area contributed by atoms with Gasteiger partial charge in [-0.2, -0.15) is 0 Å². The van der Waals surface area contributed by atoms with E-state index in [9.17, 15) is 9.59 Å². The lowest BCUT2D eigenvalue weighted by Crippen LogP contribution is -2.47. The first-order valence-corrected chi connectivity index (χ1v) is 11.3. The van der Waals surface area contributed by atoms with Gasteiger partial charge in [-0.1, -0.05) is 18.2 Å². The molecule has 9 heteroatoms. The number of allylic oxidation sites excluding steroid dienone is 1. The summed E-state index contributed by atoms with van der Waals surface area (Å²) in [5.41, 5.74) is 2.80. The van der Waals surface area contributed by atoms with Gasteiger partial charge in [-0.3, -0.25) is 4.79 Å². The van der Waals surface area contributed by atoms with E-state index in [1.54, 1.807) is 43.3 Å². The zero-order valence-corrected chi connectivity index (χ0v) is 20.7. The van der Waals surface area contributed by atoms with Crippen LogP contribution in [0.4, 0.5) is 5.69 Å². The highest BCUT2D eigenvalue weighted by Crippen LogP contribution is 2.33. The maximum atomic E-state index is 13.1. The molecule has 34 heavy (non-hydrogen) atoms. The standard InChI is InChI=1S/C25H29N3O5S/c1-6-28-15(3)20(24(30)33-7-2)22(27-25(28)34)16-10-8-11-17(14-16)26-23(29)21-18(31-4)12-9-13-19(21)32-5/h8-14,22H,6-7H2,1-5H3,(H,26,29)(H,27,34). The third-order valence-corrected chi connectivity index (χ3v) is 5.88. The molecule has 0 saturated heterocycles. The van der Waals surface area contributed by atoms with E-state index < -0.39 is 12.0 Å². The first-order chi connectivity index (χ1) is 16.4. The summed E-state index contributed by atoms with van der Waals surface area (Å²) in [4.78, 5) is 27.8. The fraction of sp³-hybridized carbons (Fsp3) is 0.320. The Labute approximate surface area is 204 Å². The number of esters is 1. The van der Waals surface area contributed by atoms with Crippen LogP contribution in [0, 0.1) is 0 Å². The lowest BCUT2D eigenvalue weighted by Gasteiger charge is -2.37. The topological polar surface area (TPSA) is 89.1 Å². The molecule has 2 N–H and O–H groups in total. The molecule has 0 fully saturated rings. The van der Waals surface area contributed by atoms with Gasteiger partial charge in [-0.15, -0.1) is 0 Å². The normalized spacial score (nSPS) is 15.5. The van der Waals surface area contributed by atoms with Crippen molar-refractivity contribution >= 4 is 34.9 Å². The van der Waals surface area contributed by atoms with E-state index in [0.29, 0.717) is 34.4 Å².